The fourth-order valence-electron chi connectivity index (χ4n) is 7.13. The molecule has 2 aliphatic heterocycles. The van der Waals surface area contributed by atoms with Gasteiger partial charge in [0.25, 0.3) is 11.8 Å². The summed E-state index contributed by atoms with van der Waals surface area (Å²) in [5, 5.41) is 3.01. The van der Waals surface area contributed by atoms with Gasteiger partial charge in [-0.1, -0.05) is 6.07 Å². The second-order valence-corrected chi connectivity index (χ2v) is 14.6. The number of hydrogen-bond donors (Lipinski definition) is 2. The van der Waals surface area contributed by atoms with E-state index in [0.29, 0.717) is 99.3 Å². The number of nitrogens with two attached hydrogens (primary N) is 1. The molecule has 0 radical (unpaired) electrons. The Balaban J connectivity index is 1.13. The van der Waals surface area contributed by atoms with Crippen LogP contribution >= 0.6 is 0 Å². The highest BCUT2D eigenvalue weighted by molar-refractivity contribution is 6.08. The van der Waals surface area contributed by atoms with Gasteiger partial charge in [0.2, 0.25) is 11.8 Å². The van der Waals surface area contributed by atoms with E-state index in [2.05, 4.69) is 20.1 Å². The molecule has 4 amide bonds. The van der Waals surface area contributed by atoms with Crippen molar-refractivity contribution in [2.45, 2.75) is 44.6 Å². The summed E-state index contributed by atoms with van der Waals surface area (Å²) in [4.78, 5) is 75.2. The minimum Gasteiger partial charge on any atom is -0.379 e. The number of nitrogens with zero attached hydrogens (tertiary/aromatic N) is 5. The second-order valence-electron chi connectivity index (χ2n) is 14.6. The Morgan fingerprint density at radius 2 is 1.53 bits per heavy atom. The van der Waals surface area contributed by atoms with Gasteiger partial charge in [-0.3, -0.25) is 29.1 Å². The molecule has 2 saturated heterocycles. The van der Waals surface area contributed by atoms with Crippen LogP contribution in [0.3, 0.4) is 0 Å². The van der Waals surface area contributed by atoms with Crippen molar-refractivity contribution in [1.29, 1.82) is 0 Å². The first-order chi connectivity index (χ1) is 28.2. The first-order valence-corrected chi connectivity index (χ1v) is 20.1. The summed E-state index contributed by atoms with van der Waals surface area (Å²) in [5.41, 5.74) is 9.24. The normalized spacial score (nSPS) is 15.6. The second kappa shape index (κ2) is 22.6. The van der Waals surface area contributed by atoms with Crippen LogP contribution in [0.25, 0.3) is 11.3 Å². The summed E-state index contributed by atoms with van der Waals surface area (Å²) >= 11 is 0. The lowest BCUT2D eigenvalue weighted by Crippen LogP contribution is -2.47. The first kappa shape index (κ1) is 43.9. The molecule has 0 spiro atoms. The monoisotopic (exact) mass is 799 g/mol. The van der Waals surface area contributed by atoms with E-state index in [1.807, 2.05) is 18.2 Å². The van der Waals surface area contributed by atoms with E-state index in [-0.39, 0.29) is 17.9 Å². The number of anilines is 2. The van der Waals surface area contributed by atoms with Crippen LogP contribution in [0.15, 0.2) is 60.8 Å². The van der Waals surface area contributed by atoms with Gasteiger partial charge in [-0.15, -0.1) is 0 Å². The number of likely N-dealkylation sites (N-methyl/N-ethyl adjacent to an activating group) is 2. The topological polar surface area (TPSA) is 177 Å². The number of benzene rings is 2. The Kier molecular flexibility index (Phi) is 17.1. The summed E-state index contributed by atoms with van der Waals surface area (Å²) in [6.45, 7) is 6.45. The van der Waals surface area contributed by atoms with Crippen molar-refractivity contribution in [3.8, 4) is 11.3 Å². The molecule has 1 aromatic heterocycles. The molecule has 15 nitrogen and oxygen atoms in total. The number of aromatic nitrogens is 1. The summed E-state index contributed by atoms with van der Waals surface area (Å²) < 4.78 is 16.4. The maximum absolute atomic E-state index is 13.7. The number of aldehydes is 1. The molecule has 312 valence electrons. The molecule has 1 atom stereocenters. The molecule has 3 heterocycles. The Hall–Kier alpha value is -5.22. The molecule has 1 unspecified atom stereocenters. The molecule has 15 heteroatoms. The van der Waals surface area contributed by atoms with E-state index in [0.717, 1.165) is 57.3 Å². The highest BCUT2D eigenvalue weighted by Gasteiger charge is 2.32. The smallest absolute Gasteiger partial charge is 0.255 e. The molecule has 2 aliphatic rings. The first-order valence-electron chi connectivity index (χ1n) is 20.1. The van der Waals surface area contributed by atoms with Gasteiger partial charge in [-0.2, -0.15) is 0 Å². The highest BCUT2D eigenvalue weighted by Crippen LogP contribution is 2.33. The number of pyridine rings is 1. The molecule has 58 heavy (non-hydrogen) atoms. The molecule has 2 aromatic carbocycles. The number of amides is 4. The Labute approximate surface area is 340 Å². The maximum Gasteiger partial charge on any atom is 0.255 e. The summed E-state index contributed by atoms with van der Waals surface area (Å²) in [5.74, 6) is -1.18. The largest absolute Gasteiger partial charge is 0.379 e. The van der Waals surface area contributed by atoms with E-state index in [1.54, 1.807) is 60.3 Å². The van der Waals surface area contributed by atoms with Crippen LogP contribution in [0.2, 0.25) is 0 Å². The number of carbonyl (C=O) groups is 5. The average molecular weight is 800 g/mol. The maximum atomic E-state index is 13.7. The third-order valence-electron chi connectivity index (χ3n) is 10.5. The number of piperidine rings is 1. The lowest BCUT2D eigenvalue weighted by atomic mass is 10.0. The minimum atomic E-state index is -0.572. The van der Waals surface area contributed by atoms with Crippen molar-refractivity contribution in [2.24, 2.45) is 5.73 Å². The highest BCUT2D eigenvalue weighted by atomic mass is 16.5. The minimum absolute atomic E-state index is 0.0261. The quantitative estimate of drug-likeness (QED) is 0.112. The van der Waals surface area contributed by atoms with Crippen molar-refractivity contribution in [2.75, 3.05) is 103 Å². The number of hydrogen-bond acceptors (Lipinski definition) is 11. The SMILES string of the molecule is CN(CCN1CCCC1C(=O)N(C)CCOCCOCCOCCC=O)C(=O)c1cccc(C(=O)Nc2ccc(N3CCCCC3)cc2-c2cc(C(N)=O)ccn2)c1. The Bertz CT molecular complexity index is 1850. The van der Waals surface area contributed by atoms with Gasteiger partial charge in [-0.05, 0) is 87.2 Å². The molecule has 2 fully saturated rings. The zero-order chi connectivity index (χ0) is 41.3. The van der Waals surface area contributed by atoms with Crippen molar-refractivity contribution >= 4 is 41.3 Å². The van der Waals surface area contributed by atoms with Gasteiger partial charge in [0.1, 0.15) is 6.29 Å². The van der Waals surface area contributed by atoms with Gasteiger partial charge in [0, 0.05) is 87.4 Å². The van der Waals surface area contributed by atoms with E-state index in [1.165, 1.54) is 12.6 Å². The van der Waals surface area contributed by atoms with E-state index in [4.69, 9.17) is 19.9 Å². The zero-order valence-corrected chi connectivity index (χ0v) is 33.7. The van der Waals surface area contributed by atoms with E-state index in [9.17, 15) is 24.0 Å². The third-order valence-corrected chi connectivity index (χ3v) is 10.5. The van der Waals surface area contributed by atoms with E-state index < -0.39 is 11.8 Å². The molecular formula is C43H57N7O8. The number of likely N-dealkylation sites (tertiary alicyclic amines) is 1. The zero-order valence-electron chi connectivity index (χ0n) is 33.7. The predicted octanol–water partition coefficient (Wildman–Crippen LogP) is 3.72. The Morgan fingerprint density at radius 1 is 0.810 bits per heavy atom. The van der Waals surface area contributed by atoms with Crippen LogP contribution in [0.5, 0.6) is 0 Å². The van der Waals surface area contributed by atoms with Crippen LogP contribution in [-0.2, 0) is 23.8 Å². The summed E-state index contributed by atoms with van der Waals surface area (Å²) in [6.07, 6.45) is 7.74. The van der Waals surface area contributed by atoms with Gasteiger partial charge < -0.3 is 44.8 Å². The fourth-order valence-corrected chi connectivity index (χ4v) is 7.13. The Morgan fingerprint density at radius 3 is 2.28 bits per heavy atom. The van der Waals surface area contributed by atoms with Gasteiger partial charge in [-0.25, -0.2) is 0 Å². The average Bonchev–Trinajstić information content (AvgIpc) is 3.73. The number of primary amides is 1. The summed E-state index contributed by atoms with van der Waals surface area (Å²) in [6, 6.07) is 15.3. The number of ether oxygens (including phenoxy) is 3. The standard InChI is InChI=1S/C43H57N7O8/c1-47(19-20-50-18-7-11-39(50)43(55)48(2)21-24-57-26-28-58-27-25-56-23-8-22-51)42(54)34-10-6-9-33(29-34)41(53)46-37-13-12-35(49-16-4-3-5-17-49)31-36(37)38-30-32(40(44)52)14-15-45-38/h6,9-10,12-15,22,29-31,39H,3-5,7-8,11,16-21,23-28H2,1-2H3,(H2,44,52)(H,46,53). The van der Waals surface area contributed by atoms with Crippen molar-refractivity contribution in [3.05, 3.63) is 77.5 Å². The lowest BCUT2D eigenvalue weighted by Gasteiger charge is -2.29. The molecule has 3 aromatic rings. The number of rotatable bonds is 22. The van der Waals surface area contributed by atoms with E-state index >= 15 is 0 Å². The molecule has 0 aliphatic carbocycles. The number of carbonyl (C=O) groups excluding carboxylic acids is 5. The van der Waals surface area contributed by atoms with Crippen LogP contribution in [-0.4, -0.2) is 149 Å². The van der Waals surface area contributed by atoms with Crippen molar-refractivity contribution in [1.82, 2.24) is 19.7 Å². The predicted molar refractivity (Wildman–Crippen MR) is 221 cm³/mol. The molecule has 5 rings (SSSR count). The van der Waals surface area contributed by atoms with Crippen LogP contribution in [0, 0.1) is 0 Å². The fraction of sp³-hybridized carbons (Fsp3) is 0.488. The van der Waals surface area contributed by atoms with Gasteiger partial charge >= 0.3 is 0 Å². The molecule has 0 bridgehead atoms. The lowest BCUT2D eigenvalue weighted by molar-refractivity contribution is -0.135. The summed E-state index contributed by atoms with van der Waals surface area (Å²) in [7, 11) is 3.50. The van der Waals surface area contributed by atoms with Crippen molar-refractivity contribution in [3.63, 3.8) is 0 Å². The van der Waals surface area contributed by atoms with Gasteiger partial charge in [0.15, 0.2) is 0 Å². The number of nitrogens with one attached hydrogen (secondary N) is 1. The van der Waals surface area contributed by atoms with Gasteiger partial charge in [0.05, 0.1) is 57.1 Å². The molecule has 3 N–H and O–H groups in total. The molecular weight excluding hydrogens is 743 g/mol. The van der Waals surface area contributed by atoms with Crippen LogP contribution < -0.4 is 16.0 Å². The molecule has 0 saturated carbocycles. The third kappa shape index (κ3) is 12.6. The van der Waals surface area contributed by atoms with Crippen LogP contribution in [0.1, 0.15) is 69.6 Å². The van der Waals surface area contributed by atoms with Crippen molar-refractivity contribution < 1.29 is 38.2 Å². The van der Waals surface area contributed by atoms with Crippen LogP contribution in [0.4, 0.5) is 11.4 Å².